The van der Waals surface area contributed by atoms with E-state index >= 15 is 0 Å². The van der Waals surface area contributed by atoms with E-state index in [1.165, 1.54) is 23.5 Å². The zero-order valence-electron chi connectivity index (χ0n) is 14.2. The molecule has 1 fully saturated rings. The summed E-state index contributed by atoms with van der Waals surface area (Å²) in [5.41, 5.74) is -0.247. The lowest BCUT2D eigenvalue weighted by atomic mass is 9.85. The molecule has 26 heavy (non-hydrogen) atoms. The molecule has 1 aliphatic heterocycles. The van der Waals surface area contributed by atoms with Crippen LogP contribution in [-0.2, 0) is 15.6 Å². The van der Waals surface area contributed by atoms with Gasteiger partial charge in [0.25, 0.3) is 0 Å². The topological polar surface area (TPSA) is 66.8 Å². The van der Waals surface area contributed by atoms with Crippen LogP contribution in [0.2, 0.25) is 5.02 Å². The van der Waals surface area contributed by atoms with Gasteiger partial charge in [-0.2, -0.15) is 4.31 Å². The number of rotatable bonds is 4. The molecule has 2 aromatic carbocycles. The molecule has 1 N–H and O–H groups in total. The van der Waals surface area contributed by atoms with Crippen LogP contribution < -0.4 is 4.74 Å². The largest absolute Gasteiger partial charge is 0.495 e. The summed E-state index contributed by atoms with van der Waals surface area (Å²) < 4.78 is 33.5. The van der Waals surface area contributed by atoms with Gasteiger partial charge in [0.05, 0.1) is 12.7 Å². The van der Waals surface area contributed by atoms with Crippen molar-refractivity contribution >= 4 is 37.6 Å². The molecular weight excluding hydrogens is 442 g/mol. The van der Waals surface area contributed by atoms with Crippen LogP contribution >= 0.6 is 27.5 Å². The van der Waals surface area contributed by atoms with Gasteiger partial charge in [0.15, 0.2) is 0 Å². The molecule has 1 saturated heterocycles. The lowest BCUT2D eigenvalue weighted by Gasteiger charge is -2.38. The van der Waals surface area contributed by atoms with E-state index in [4.69, 9.17) is 16.3 Å². The number of hydrogen-bond donors (Lipinski definition) is 1. The molecule has 0 atom stereocenters. The van der Waals surface area contributed by atoms with Gasteiger partial charge in [-0.1, -0.05) is 39.7 Å². The maximum absolute atomic E-state index is 13.0. The fourth-order valence-electron chi connectivity index (χ4n) is 3.14. The predicted octanol–water partition coefficient (Wildman–Crippen LogP) is 3.78. The average Bonchev–Trinajstić information content (AvgIpc) is 2.62. The Bertz CT molecular complexity index is 894. The fourth-order valence-corrected chi connectivity index (χ4v) is 5.26. The zero-order chi connectivity index (χ0) is 18.9. The molecule has 140 valence electrons. The average molecular weight is 461 g/mol. The molecule has 0 radical (unpaired) electrons. The lowest BCUT2D eigenvalue weighted by molar-refractivity contribution is -0.00963. The van der Waals surface area contributed by atoms with E-state index in [1.54, 1.807) is 6.07 Å². The van der Waals surface area contributed by atoms with Crippen molar-refractivity contribution in [2.45, 2.75) is 23.3 Å². The van der Waals surface area contributed by atoms with Gasteiger partial charge in [0.2, 0.25) is 10.0 Å². The van der Waals surface area contributed by atoms with Crippen LogP contribution in [0, 0.1) is 0 Å². The van der Waals surface area contributed by atoms with Crippen LogP contribution in [-0.4, -0.2) is 38.0 Å². The SMILES string of the molecule is COc1ccc(Cl)cc1S(=O)(=O)N1CCC(O)(c2ccc(Br)cc2)CC1. The molecule has 0 unspecified atom stereocenters. The third-order valence-electron chi connectivity index (χ3n) is 4.67. The van der Waals surface area contributed by atoms with Gasteiger partial charge in [-0.3, -0.25) is 0 Å². The number of methoxy groups -OCH3 is 1. The highest BCUT2D eigenvalue weighted by Gasteiger charge is 2.39. The Balaban J connectivity index is 1.83. The highest BCUT2D eigenvalue weighted by molar-refractivity contribution is 9.10. The molecule has 3 rings (SSSR count). The number of piperidine rings is 1. The molecule has 0 amide bonds. The second-order valence-corrected chi connectivity index (χ2v) is 9.50. The smallest absolute Gasteiger partial charge is 0.246 e. The second-order valence-electron chi connectivity index (χ2n) is 6.24. The van der Waals surface area contributed by atoms with Gasteiger partial charge in [0.1, 0.15) is 10.6 Å². The third-order valence-corrected chi connectivity index (χ3v) is 7.36. The third kappa shape index (κ3) is 3.77. The van der Waals surface area contributed by atoms with Crippen LogP contribution in [0.1, 0.15) is 18.4 Å². The van der Waals surface area contributed by atoms with Gasteiger partial charge in [-0.15, -0.1) is 0 Å². The Labute approximate surface area is 166 Å². The van der Waals surface area contributed by atoms with Crippen molar-refractivity contribution < 1.29 is 18.3 Å². The summed E-state index contributed by atoms with van der Waals surface area (Å²) in [6.07, 6.45) is 0.632. The number of nitrogens with zero attached hydrogens (tertiary/aromatic N) is 1. The summed E-state index contributed by atoms with van der Waals surface area (Å²) >= 11 is 9.35. The van der Waals surface area contributed by atoms with Crippen LogP contribution in [0.15, 0.2) is 51.8 Å². The first-order valence-electron chi connectivity index (χ1n) is 8.08. The Morgan fingerprint density at radius 1 is 1.15 bits per heavy atom. The first-order valence-corrected chi connectivity index (χ1v) is 10.7. The molecule has 0 spiro atoms. The summed E-state index contributed by atoms with van der Waals surface area (Å²) in [4.78, 5) is 0.0431. The summed E-state index contributed by atoms with van der Waals surface area (Å²) in [7, 11) is -2.34. The van der Waals surface area contributed by atoms with Crippen molar-refractivity contribution in [3.63, 3.8) is 0 Å². The minimum atomic E-state index is -3.76. The molecule has 5 nitrogen and oxygen atoms in total. The van der Waals surface area contributed by atoms with Crippen molar-refractivity contribution in [3.05, 3.63) is 57.5 Å². The maximum atomic E-state index is 13.0. The first kappa shape index (κ1) is 19.6. The molecule has 1 aliphatic rings. The first-order chi connectivity index (χ1) is 12.3. The van der Waals surface area contributed by atoms with Crippen molar-refractivity contribution in [2.24, 2.45) is 0 Å². The molecular formula is C18H19BrClNO4S. The van der Waals surface area contributed by atoms with E-state index in [2.05, 4.69) is 15.9 Å². The Morgan fingerprint density at radius 3 is 2.35 bits per heavy atom. The van der Waals surface area contributed by atoms with Crippen molar-refractivity contribution in [3.8, 4) is 5.75 Å². The molecule has 2 aromatic rings. The molecule has 0 aliphatic carbocycles. The maximum Gasteiger partial charge on any atom is 0.246 e. The number of sulfonamides is 1. The van der Waals surface area contributed by atoms with E-state index in [1.807, 2.05) is 24.3 Å². The Hall–Kier alpha value is -1.12. The van der Waals surface area contributed by atoms with Crippen molar-refractivity contribution in [2.75, 3.05) is 20.2 Å². The van der Waals surface area contributed by atoms with Crippen LogP contribution in [0.5, 0.6) is 5.75 Å². The molecule has 1 heterocycles. The normalized spacial score (nSPS) is 17.8. The highest BCUT2D eigenvalue weighted by Crippen LogP contribution is 2.37. The number of ether oxygens (including phenoxy) is 1. The molecule has 8 heteroatoms. The summed E-state index contributed by atoms with van der Waals surface area (Å²) in [5, 5.41) is 11.3. The number of hydrogen-bond acceptors (Lipinski definition) is 4. The molecule has 0 bridgehead atoms. The number of benzene rings is 2. The minimum Gasteiger partial charge on any atom is -0.495 e. The molecule has 0 aromatic heterocycles. The monoisotopic (exact) mass is 459 g/mol. The van der Waals surface area contributed by atoms with E-state index in [-0.39, 0.29) is 23.7 Å². The van der Waals surface area contributed by atoms with Gasteiger partial charge in [-0.25, -0.2) is 8.42 Å². The van der Waals surface area contributed by atoms with Gasteiger partial charge >= 0.3 is 0 Å². The van der Waals surface area contributed by atoms with Crippen LogP contribution in [0.3, 0.4) is 0 Å². The van der Waals surface area contributed by atoms with E-state index in [0.29, 0.717) is 17.9 Å². The van der Waals surface area contributed by atoms with E-state index < -0.39 is 15.6 Å². The van der Waals surface area contributed by atoms with Crippen molar-refractivity contribution in [1.29, 1.82) is 0 Å². The molecule has 0 saturated carbocycles. The van der Waals surface area contributed by atoms with Crippen LogP contribution in [0.4, 0.5) is 0 Å². The van der Waals surface area contributed by atoms with Crippen molar-refractivity contribution in [1.82, 2.24) is 4.31 Å². The summed E-state index contributed by atoms with van der Waals surface area (Å²) in [5.74, 6) is 0.253. The van der Waals surface area contributed by atoms with E-state index in [9.17, 15) is 13.5 Å². The standard InChI is InChI=1S/C18H19BrClNO4S/c1-25-16-7-6-15(20)12-17(16)26(23,24)21-10-8-18(22,9-11-21)13-2-4-14(19)5-3-13/h2-7,12,22H,8-11H2,1H3. The predicted molar refractivity (Wildman–Crippen MR) is 104 cm³/mol. The quantitative estimate of drug-likeness (QED) is 0.754. The van der Waals surface area contributed by atoms with Crippen LogP contribution in [0.25, 0.3) is 0 Å². The summed E-state index contributed by atoms with van der Waals surface area (Å²) in [6, 6.07) is 12.0. The lowest BCUT2D eigenvalue weighted by Crippen LogP contribution is -2.45. The van der Waals surface area contributed by atoms with E-state index in [0.717, 1.165) is 10.0 Å². The van der Waals surface area contributed by atoms with Gasteiger partial charge in [-0.05, 0) is 48.7 Å². The number of aliphatic hydroxyl groups is 1. The highest BCUT2D eigenvalue weighted by atomic mass is 79.9. The fraction of sp³-hybridized carbons (Fsp3) is 0.333. The van der Waals surface area contributed by atoms with Gasteiger partial charge < -0.3 is 9.84 Å². The second kappa shape index (κ2) is 7.48. The number of halogens is 2. The Kier molecular flexibility index (Phi) is 5.65. The minimum absolute atomic E-state index is 0.0431. The Morgan fingerprint density at radius 2 is 1.77 bits per heavy atom. The zero-order valence-corrected chi connectivity index (χ0v) is 17.3. The van der Waals surface area contributed by atoms with Gasteiger partial charge in [0, 0.05) is 22.6 Å². The summed E-state index contributed by atoms with van der Waals surface area (Å²) in [6.45, 7) is 0.426.